The molecule has 0 saturated carbocycles. The van der Waals surface area contributed by atoms with Crippen molar-refractivity contribution in [3.05, 3.63) is 12.7 Å². The summed E-state index contributed by atoms with van der Waals surface area (Å²) in [6, 6.07) is 0.704. The molecule has 0 aromatic rings. The monoisotopic (exact) mass is 259 g/mol. The largest absolute Gasteiger partial charge is 0.313 e. The second kappa shape index (κ2) is 9.43. The molecule has 3 heteroatoms. The predicted octanol–water partition coefficient (Wildman–Crippen LogP) is 3.56. The Morgan fingerprint density at radius 2 is 2.31 bits per heavy atom. The fourth-order valence-electron chi connectivity index (χ4n) is 1.97. The Balaban J connectivity index is 2.16. The van der Waals surface area contributed by atoms with Crippen LogP contribution in [0.3, 0.4) is 0 Å². The highest BCUT2D eigenvalue weighted by Gasteiger charge is 2.15. The van der Waals surface area contributed by atoms with Crippen LogP contribution < -0.4 is 5.32 Å². The number of hydrogen-bond acceptors (Lipinski definition) is 3. The van der Waals surface area contributed by atoms with Crippen LogP contribution in [0.5, 0.6) is 0 Å². The summed E-state index contributed by atoms with van der Waals surface area (Å²) >= 11 is 4.25. The summed E-state index contributed by atoms with van der Waals surface area (Å²) < 4.78 is 0. The molecule has 1 heterocycles. The van der Waals surface area contributed by atoms with Gasteiger partial charge in [0.05, 0.1) is 0 Å². The molecular formula is C13H25NS2. The Labute approximate surface area is 109 Å². The molecule has 1 aliphatic rings. The van der Waals surface area contributed by atoms with Gasteiger partial charge in [0.15, 0.2) is 0 Å². The Kier molecular flexibility index (Phi) is 8.52. The van der Waals surface area contributed by atoms with Crippen molar-refractivity contribution in [3.8, 4) is 0 Å². The van der Waals surface area contributed by atoms with E-state index in [0.717, 1.165) is 11.7 Å². The molecule has 0 aliphatic carbocycles. The molecule has 16 heavy (non-hydrogen) atoms. The minimum absolute atomic E-state index is 0.704. The van der Waals surface area contributed by atoms with E-state index in [1.54, 1.807) is 0 Å². The van der Waals surface area contributed by atoms with Crippen LogP contribution in [0.15, 0.2) is 12.7 Å². The fraction of sp³-hybridized carbons (Fsp3) is 0.846. The molecule has 94 valence electrons. The van der Waals surface area contributed by atoms with Gasteiger partial charge in [-0.2, -0.15) is 23.5 Å². The molecule has 1 N–H and O–H groups in total. The molecule has 1 aliphatic heterocycles. The maximum Gasteiger partial charge on any atom is 0.0263 e. The lowest BCUT2D eigenvalue weighted by molar-refractivity contribution is 0.454. The van der Waals surface area contributed by atoms with Crippen molar-refractivity contribution in [2.75, 3.05) is 23.8 Å². The molecule has 0 spiro atoms. The Hall–Kier alpha value is 0.400. The summed E-state index contributed by atoms with van der Waals surface area (Å²) in [5, 5.41) is 4.58. The average Bonchev–Trinajstić information content (AvgIpc) is 2.34. The van der Waals surface area contributed by atoms with Gasteiger partial charge in [-0.15, -0.1) is 6.58 Å². The summed E-state index contributed by atoms with van der Waals surface area (Å²) in [6.45, 7) is 7.27. The first-order valence-corrected chi connectivity index (χ1v) is 8.60. The predicted molar refractivity (Wildman–Crippen MR) is 79.7 cm³/mol. The topological polar surface area (TPSA) is 12.0 Å². The van der Waals surface area contributed by atoms with Gasteiger partial charge in [0, 0.05) is 35.1 Å². The molecule has 0 radical (unpaired) electrons. The third-order valence-corrected chi connectivity index (χ3v) is 5.72. The molecule has 1 fully saturated rings. The minimum atomic E-state index is 0.704. The van der Waals surface area contributed by atoms with Crippen LogP contribution in [0.2, 0.25) is 0 Å². The van der Waals surface area contributed by atoms with Gasteiger partial charge in [0.2, 0.25) is 0 Å². The lowest BCUT2D eigenvalue weighted by Crippen LogP contribution is -2.36. The zero-order chi connectivity index (χ0) is 11.6. The molecule has 1 nitrogen and oxygen atoms in total. The van der Waals surface area contributed by atoms with Gasteiger partial charge < -0.3 is 5.32 Å². The van der Waals surface area contributed by atoms with Gasteiger partial charge in [0.25, 0.3) is 0 Å². The van der Waals surface area contributed by atoms with E-state index in [-0.39, 0.29) is 0 Å². The van der Waals surface area contributed by atoms with Gasteiger partial charge in [-0.1, -0.05) is 19.4 Å². The van der Waals surface area contributed by atoms with Crippen LogP contribution in [0, 0.1) is 0 Å². The van der Waals surface area contributed by atoms with Crippen molar-refractivity contribution >= 4 is 23.5 Å². The molecule has 1 saturated heterocycles. The summed E-state index contributed by atoms with van der Waals surface area (Å²) in [5.74, 6) is 4.01. The number of hydrogen-bond donors (Lipinski definition) is 1. The first kappa shape index (κ1) is 14.5. The second-order valence-electron chi connectivity index (χ2n) is 4.33. The third-order valence-electron chi connectivity index (χ3n) is 2.88. The van der Waals surface area contributed by atoms with Crippen molar-refractivity contribution < 1.29 is 0 Å². The Morgan fingerprint density at radius 1 is 1.44 bits per heavy atom. The highest BCUT2D eigenvalue weighted by molar-refractivity contribution is 8.06. The molecule has 0 aromatic carbocycles. The Bertz CT molecular complexity index is 179. The van der Waals surface area contributed by atoms with E-state index in [2.05, 4.69) is 42.3 Å². The normalized spacial score (nSPS) is 22.9. The van der Waals surface area contributed by atoms with Crippen molar-refractivity contribution in [1.82, 2.24) is 5.32 Å². The molecule has 1 rings (SSSR count). The van der Waals surface area contributed by atoms with Crippen LogP contribution in [0.25, 0.3) is 0 Å². The maximum atomic E-state index is 3.81. The number of rotatable bonds is 8. The highest BCUT2D eigenvalue weighted by Crippen LogP contribution is 2.23. The Morgan fingerprint density at radius 3 is 2.94 bits per heavy atom. The van der Waals surface area contributed by atoms with E-state index in [4.69, 9.17) is 0 Å². The zero-order valence-electron chi connectivity index (χ0n) is 10.4. The fourth-order valence-corrected chi connectivity index (χ4v) is 4.59. The molecular weight excluding hydrogens is 234 g/mol. The lowest BCUT2D eigenvalue weighted by atomic mass is 10.1. The van der Waals surface area contributed by atoms with Crippen molar-refractivity contribution in [2.24, 2.45) is 0 Å². The van der Waals surface area contributed by atoms with Crippen molar-refractivity contribution in [3.63, 3.8) is 0 Å². The van der Waals surface area contributed by atoms with Crippen LogP contribution >= 0.6 is 23.5 Å². The SMILES string of the molecule is C=CCCC(CCC)NCC1CSCCS1. The summed E-state index contributed by atoms with van der Waals surface area (Å²) in [5.41, 5.74) is 0. The van der Waals surface area contributed by atoms with Crippen LogP contribution in [-0.4, -0.2) is 35.1 Å². The molecule has 0 amide bonds. The van der Waals surface area contributed by atoms with Crippen LogP contribution in [0.4, 0.5) is 0 Å². The molecule has 2 unspecified atom stereocenters. The second-order valence-corrected chi connectivity index (χ2v) is 6.89. The first-order valence-electron chi connectivity index (χ1n) is 6.40. The smallest absolute Gasteiger partial charge is 0.0263 e. The highest BCUT2D eigenvalue weighted by atomic mass is 32.2. The van der Waals surface area contributed by atoms with Crippen LogP contribution in [0.1, 0.15) is 32.6 Å². The third kappa shape index (κ3) is 6.21. The minimum Gasteiger partial charge on any atom is -0.313 e. The first-order chi connectivity index (χ1) is 7.86. The van der Waals surface area contributed by atoms with Crippen LogP contribution in [-0.2, 0) is 0 Å². The van der Waals surface area contributed by atoms with Gasteiger partial charge >= 0.3 is 0 Å². The summed E-state index contributed by atoms with van der Waals surface area (Å²) in [7, 11) is 0. The van der Waals surface area contributed by atoms with Gasteiger partial charge in [-0.05, 0) is 19.3 Å². The standard InChI is InChI=1S/C13H25NS2/c1-3-5-7-12(6-4-2)14-10-13-11-15-8-9-16-13/h3,12-14H,1,4-11H2,2H3. The van der Waals surface area contributed by atoms with E-state index >= 15 is 0 Å². The average molecular weight is 259 g/mol. The van der Waals surface area contributed by atoms with Gasteiger partial charge in [-0.25, -0.2) is 0 Å². The van der Waals surface area contributed by atoms with Gasteiger partial charge in [0.1, 0.15) is 0 Å². The van der Waals surface area contributed by atoms with E-state index in [1.807, 2.05) is 6.08 Å². The van der Waals surface area contributed by atoms with E-state index < -0.39 is 0 Å². The van der Waals surface area contributed by atoms with E-state index in [1.165, 1.54) is 43.1 Å². The molecule has 2 atom stereocenters. The molecule has 0 aromatic heterocycles. The van der Waals surface area contributed by atoms with Crippen molar-refractivity contribution in [2.45, 2.75) is 43.9 Å². The number of nitrogens with one attached hydrogen (secondary N) is 1. The van der Waals surface area contributed by atoms with Crippen molar-refractivity contribution in [1.29, 1.82) is 0 Å². The van der Waals surface area contributed by atoms with E-state index in [9.17, 15) is 0 Å². The van der Waals surface area contributed by atoms with E-state index in [0.29, 0.717) is 6.04 Å². The molecule has 0 bridgehead atoms. The lowest BCUT2D eigenvalue weighted by Gasteiger charge is -2.24. The van der Waals surface area contributed by atoms with Gasteiger partial charge in [-0.3, -0.25) is 0 Å². The summed E-state index contributed by atoms with van der Waals surface area (Å²) in [4.78, 5) is 0. The number of allylic oxidation sites excluding steroid dienone is 1. The summed E-state index contributed by atoms with van der Waals surface area (Å²) in [6.07, 6.45) is 7.02. The number of thioether (sulfide) groups is 2. The quantitative estimate of drug-likeness (QED) is 0.669. The maximum absolute atomic E-state index is 3.81. The zero-order valence-corrected chi connectivity index (χ0v) is 12.0.